The van der Waals surface area contributed by atoms with Gasteiger partial charge in [-0.05, 0) is 35.6 Å². The minimum Gasteiger partial charge on any atom is -0.486 e. The number of nitriles is 2. The Hall–Kier alpha value is -3.49. The van der Waals surface area contributed by atoms with E-state index in [0.717, 1.165) is 5.70 Å². The Morgan fingerprint density at radius 2 is 1.82 bits per heavy atom. The van der Waals surface area contributed by atoms with Crippen LogP contribution in [0.4, 0.5) is 0 Å². The van der Waals surface area contributed by atoms with Gasteiger partial charge in [0.15, 0.2) is 11.5 Å². The van der Waals surface area contributed by atoms with Crippen molar-refractivity contribution in [1.82, 2.24) is 4.90 Å². The maximum Gasteiger partial charge on any atom is 0.162 e. The average molecular weight is 551 g/mol. The fourth-order valence-electron chi connectivity index (χ4n) is 5.14. The molecule has 0 spiro atoms. The van der Waals surface area contributed by atoms with Gasteiger partial charge in [-0.2, -0.15) is 10.5 Å². The predicted molar refractivity (Wildman–Crippen MR) is 145 cm³/mol. The summed E-state index contributed by atoms with van der Waals surface area (Å²) in [6.45, 7) is 4.99. The first-order valence-corrected chi connectivity index (χ1v) is 12.9. The Kier molecular flexibility index (Phi) is 8.04. The smallest absolute Gasteiger partial charge is 0.162 e. The van der Waals surface area contributed by atoms with Gasteiger partial charge in [0.2, 0.25) is 0 Å². The summed E-state index contributed by atoms with van der Waals surface area (Å²) in [4.78, 5) is 15.4. The fraction of sp³-hybridized carbons (Fsp3) is 0.345. The van der Waals surface area contributed by atoms with Crippen LogP contribution < -0.4 is 10.5 Å². The molecule has 1 atom stereocenters. The molecular weight excluding hydrogens is 523 g/mol. The van der Waals surface area contributed by atoms with E-state index in [1.807, 2.05) is 24.8 Å². The monoisotopic (exact) mass is 550 g/mol. The summed E-state index contributed by atoms with van der Waals surface area (Å²) in [5.74, 6) is -0.201. The highest BCUT2D eigenvalue weighted by Crippen LogP contribution is 2.50. The second-order valence-electron chi connectivity index (χ2n) is 10.2. The van der Waals surface area contributed by atoms with Crippen molar-refractivity contribution < 1.29 is 14.3 Å². The van der Waals surface area contributed by atoms with E-state index in [1.54, 1.807) is 37.4 Å². The van der Waals surface area contributed by atoms with Crippen LogP contribution in [0.5, 0.6) is 5.75 Å². The quantitative estimate of drug-likeness (QED) is 0.461. The first-order valence-electron chi connectivity index (χ1n) is 12.1. The molecule has 0 bridgehead atoms. The van der Waals surface area contributed by atoms with E-state index in [9.17, 15) is 15.3 Å². The molecule has 0 saturated carbocycles. The third-order valence-electron chi connectivity index (χ3n) is 6.87. The number of halogens is 2. The Morgan fingerprint density at radius 3 is 2.45 bits per heavy atom. The minimum absolute atomic E-state index is 0.0374. The number of Topliss-reactive ketones (excluding diaryl/α,β-unsaturated/α-hetero) is 1. The topological polar surface area (TPSA) is 112 Å². The Labute approximate surface area is 232 Å². The van der Waals surface area contributed by atoms with Gasteiger partial charge in [-0.1, -0.05) is 55.2 Å². The number of hydrogen-bond acceptors (Lipinski definition) is 7. The average Bonchev–Trinajstić information content (AvgIpc) is 2.86. The van der Waals surface area contributed by atoms with Gasteiger partial charge < -0.3 is 20.1 Å². The molecule has 0 unspecified atom stereocenters. The van der Waals surface area contributed by atoms with E-state index in [0.29, 0.717) is 54.1 Å². The molecular formula is C29H28Cl2N4O3. The van der Waals surface area contributed by atoms with Crippen LogP contribution in [0.1, 0.15) is 49.3 Å². The normalized spacial score (nSPS) is 18.7. The standard InChI is InChI=1S/C29H28Cl2N4O3/c1-29(2)12-23-26(24(36)13-29)25(20(15-33)28(34)35(23)8-9-37-3)19-10-21(30)27(22(31)11-19)38-16-18-7-5-4-6-17(18)14-32/h4-7,10-11,25H,8-9,12-13,16,34H2,1-3H3/t25-/m1/s1. The highest BCUT2D eigenvalue weighted by Gasteiger charge is 2.44. The number of rotatable bonds is 7. The highest BCUT2D eigenvalue weighted by molar-refractivity contribution is 6.37. The van der Waals surface area contributed by atoms with Crippen LogP contribution in [0.3, 0.4) is 0 Å². The Morgan fingerprint density at radius 1 is 1.13 bits per heavy atom. The lowest BCUT2D eigenvalue weighted by Gasteiger charge is -2.43. The van der Waals surface area contributed by atoms with Gasteiger partial charge in [-0.15, -0.1) is 0 Å². The molecule has 196 valence electrons. The summed E-state index contributed by atoms with van der Waals surface area (Å²) in [5, 5.41) is 20.0. The molecule has 2 aliphatic rings. The van der Waals surface area contributed by atoms with Crippen LogP contribution in [0.2, 0.25) is 10.0 Å². The number of carbonyl (C=O) groups excluding carboxylic acids is 1. The minimum atomic E-state index is -0.708. The van der Waals surface area contributed by atoms with Gasteiger partial charge in [-0.3, -0.25) is 4.79 Å². The molecule has 0 fully saturated rings. The number of carbonyl (C=O) groups is 1. The zero-order valence-corrected chi connectivity index (χ0v) is 23.0. The van der Waals surface area contributed by atoms with E-state index < -0.39 is 5.92 Å². The number of allylic oxidation sites excluding steroid dienone is 3. The van der Waals surface area contributed by atoms with E-state index >= 15 is 0 Å². The van der Waals surface area contributed by atoms with Crippen molar-refractivity contribution in [3.8, 4) is 17.9 Å². The van der Waals surface area contributed by atoms with Gasteiger partial charge in [0.05, 0.1) is 45.8 Å². The van der Waals surface area contributed by atoms with Crippen molar-refractivity contribution in [3.63, 3.8) is 0 Å². The van der Waals surface area contributed by atoms with Crippen molar-refractivity contribution in [2.24, 2.45) is 11.1 Å². The fourth-order valence-corrected chi connectivity index (χ4v) is 5.75. The second kappa shape index (κ2) is 11.1. The zero-order chi connectivity index (χ0) is 27.6. The van der Waals surface area contributed by atoms with E-state index in [2.05, 4.69) is 12.1 Å². The molecule has 0 saturated heterocycles. The van der Waals surface area contributed by atoms with Gasteiger partial charge in [0.25, 0.3) is 0 Å². The first-order chi connectivity index (χ1) is 18.1. The van der Waals surface area contributed by atoms with Gasteiger partial charge in [-0.25, -0.2) is 0 Å². The van der Waals surface area contributed by atoms with Gasteiger partial charge >= 0.3 is 0 Å². The first kappa shape index (κ1) is 27.5. The SMILES string of the molecule is COCCN1C(N)=C(C#N)[C@@H](c2cc(Cl)c(OCc3ccccc3C#N)c(Cl)c2)C2=C1CC(C)(C)CC2=O. The predicted octanol–water partition coefficient (Wildman–Crippen LogP) is 5.83. The van der Waals surface area contributed by atoms with Crippen molar-refractivity contribution in [3.05, 3.63) is 85.8 Å². The number of ketones is 1. The summed E-state index contributed by atoms with van der Waals surface area (Å²) in [6.07, 6.45) is 0.967. The Balaban J connectivity index is 1.77. The summed E-state index contributed by atoms with van der Waals surface area (Å²) >= 11 is 13.3. The number of hydrogen-bond donors (Lipinski definition) is 1. The van der Waals surface area contributed by atoms with Crippen molar-refractivity contribution in [1.29, 1.82) is 10.5 Å². The van der Waals surface area contributed by atoms with Gasteiger partial charge in [0, 0.05) is 36.9 Å². The van der Waals surface area contributed by atoms with Crippen LogP contribution in [-0.2, 0) is 16.1 Å². The lowest BCUT2D eigenvalue weighted by Crippen LogP contribution is -2.43. The summed E-state index contributed by atoms with van der Waals surface area (Å²) in [6, 6.07) is 14.8. The molecule has 2 aromatic rings. The highest BCUT2D eigenvalue weighted by atomic mass is 35.5. The molecule has 7 nitrogen and oxygen atoms in total. The van der Waals surface area contributed by atoms with E-state index in [4.69, 9.17) is 38.4 Å². The molecule has 1 heterocycles. The summed E-state index contributed by atoms with van der Waals surface area (Å²) in [5.41, 5.74) is 9.66. The molecule has 38 heavy (non-hydrogen) atoms. The van der Waals surface area contributed by atoms with Crippen molar-refractivity contribution in [2.45, 2.75) is 39.2 Å². The van der Waals surface area contributed by atoms with E-state index in [-0.39, 0.29) is 39.2 Å². The number of nitrogens with two attached hydrogens (primary N) is 1. The lowest BCUT2D eigenvalue weighted by molar-refractivity contribution is -0.118. The van der Waals surface area contributed by atoms with Crippen LogP contribution >= 0.6 is 23.2 Å². The molecule has 2 aromatic carbocycles. The van der Waals surface area contributed by atoms with Crippen LogP contribution in [0, 0.1) is 28.1 Å². The molecule has 9 heteroatoms. The molecule has 0 aromatic heterocycles. The maximum absolute atomic E-state index is 13.6. The third kappa shape index (κ3) is 5.24. The molecule has 0 radical (unpaired) electrons. The number of benzene rings is 2. The van der Waals surface area contributed by atoms with E-state index in [1.165, 1.54) is 0 Å². The van der Waals surface area contributed by atoms with Crippen LogP contribution in [0.15, 0.2) is 59.1 Å². The zero-order valence-electron chi connectivity index (χ0n) is 21.5. The van der Waals surface area contributed by atoms with Crippen molar-refractivity contribution in [2.75, 3.05) is 20.3 Å². The maximum atomic E-state index is 13.6. The number of nitrogens with zero attached hydrogens (tertiary/aromatic N) is 3. The lowest BCUT2D eigenvalue weighted by atomic mass is 9.68. The van der Waals surface area contributed by atoms with Crippen molar-refractivity contribution >= 4 is 29.0 Å². The molecule has 4 rings (SSSR count). The molecule has 1 aliphatic heterocycles. The molecule has 1 aliphatic carbocycles. The number of methoxy groups -OCH3 is 1. The van der Waals surface area contributed by atoms with Gasteiger partial charge in [0.1, 0.15) is 12.4 Å². The molecule has 2 N–H and O–H groups in total. The van der Waals surface area contributed by atoms with Crippen LogP contribution in [-0.4, -0.2) is 30.9 Å². The third-order valence-corrected chi connectivity index (χ3v) is 7.43. The summed E-state index contributed by atoms with van der Waals surface area (Å²) in [7, 11) is 1.59. The van der Waals surface area contributed by atoms with Crippen LogP contribution in [0.25, 0.3) is 0 Å². The summed E-state index contributed by atoms with van der Waals surface area (Å²) < 4.78 is 11.2. The molecule has 0 amide bonds. The Bertz CT molecular complexity index is 1410. The number of ether oxygens (including phenoxy) is 2. The second-order valence-corrected chi connectivity index (χ2v) is 11.0. The largest absolute Gasteiger partial charge is 0.486 e.